The van der Waals surface area contributed by atoms with Crippen LogP contribution in [0.15, 0.2) is 94.9 Å². The minimum absolute atomic E-state index is 0.233. The second-order valence-corrected chi connectivity index (χ2v) is 11.4. The number of nitrogens with zero attached hydrogens (tertiary/aromatic N) is 2. The summed E-state index contributed by atoms with van der Waals surface area (Å²) in [4.78, 5) is 31.8. The van der Waals surface area contributed by atoms with Crippen LogP contribution in [0.5, 0.6) is 17.2 Å². The molecular weight excluding hydrogens is 612 g/mol. The zero-order valence-electron chi connectivity index (χ0n) is 25.2. The molecule has 0 N–H and O–H groups in total. The van der Waals surface area contributed by atoms with Crippen LogP contribution >= 0.6 is 22.9 Å². The van der Waals surface area contributed by atoms with Gasteiger partial charge in [-0.2, -0.15) is 0 Å². The molecular formula is C35H33ClN2O6S. The lowest BCUT2D eigenvalue weighted by Gasteiger charge is -2.23. The molecule has 45 heavy (non-hydrogen) atoms. The third kappa shape index (κ3) is 6.90. The van der Waals surface area contributed by atoms with Crippen molar-refractivity contribution in [3.63, 3.8) is 0 Å². The van der Waals surface area contributed by atoms with Crippen LogP contribution in [0.2, 0.25) is 5.02 Å². The molecule has 1 atom stereocenters. The van der Waals surface area contributed by atoms with Gasteiger partial charge in [-0.25, -0.2) is 9.79 Å². The number of rotatable bonds is 12. The summed E-state index contributed by atoms with van der Waals surface area (Å²) in [6.07, 6.45) is 5.66. The molecule has 0 radical (unpaired) electrons. The minimum atomic E-state index is -0.775. The summed E-state index contributed by atoms with van der Waals surface area (Å²) in [5, 5.41) is 0.641. The fourth-order valence-electron chi connectivity index (χ4n) is 5.05. The van der Waals surface area contributed by atoms with Crippen LogP contribution in [0, 0.1) is 0 Å². The number of aromatic nitrogens is 1. The number of esters is 1. The van der Waals surface area contributed by atoms with E-state index < -0.39 is 12.0 Å². The fourth-order valence-corrected chi connectivity index (χ4v) is 6.21. The molecule has 1 aliphatic heterocycles. The Morgan fingerprint density at radius 3 is 2.49 bits per heavy atom. The molecule has 8 nitrogen and oxygen atoms in total. The number of benzene rings is 3. The van der Waals surface area contributed by atoms with E-state index in [0.717, 1.165) is 16.7 Å². The highest BCUT2D eigenvalue weighted by Crippen LogP contribution is 2.35. The first-order valence-electron chi connectivity index (χ1n) is 14.5. The SMILES string of the molecule is C=CCc1cc(/C=c2\sc3n(c2=O)[C@@H](c2ccc(OCC)c(OCC)c2)C(C(=O)OC)=CN=3)ccc1OCc1ccccc1Cl. The zero-order valence-corrected chi connectivity index (χ0v) is 26.8. The quantitative estimate of drug-likeness (QED) is 0.144. The predicted molar refractivity (Wildman–Crippen MR) is 176 cm³/mol. The number of thiazole rings is 1. The molecule has 0 saturated heterocycles. The van der Waals surface area contributed by atoms with Crippen LogP contribution in [0.3, 0.4) is 0 Å². The summed E-state index contributed by atoms with van der Waals surface area (Å²) < 4.78 is 24.7. The van der Waals surface area contributed by atoms with Gasteiger partial charge in [0.15, 0.2) is 16.3 Å². The van der Waals surface area contributed by atoms with Gasteiger partial charge >= 0.3 is 5.97 Å². The number of ether oxygens (including phenoxy) is 4. The van der Waals surface area contributed by atoms with Gasteiger partial charge in [0.05, 0.1) is 36.5 Å². The number of carbonyl (C=O) groups is 1. The largest absolute Gasteiger partial charge is 0.490 e. The van der Waals surface area contributed by atoms with Gasteiger partial charge in [-0.1, -0.05) is 59.3 Å². The smallest absolute Gasteiger partial charge is 0.337 e. The van der Waals surface area contributed by atoms with Crippen LogP contribution in [-0.2, 0) is 22.6 Å². The van der Waals surface area contributed by atoms with Gasteiger partial charge < -0.3 is 18.9 Å². The van der Waals surface area contributed by atoms with Gasteiger partial charge in [0.1, 0.15) is 12.4 Å². The number of hydrogen-bond acceptors (Lipinski definition) is 8. The Balaban J connectivity index is 1.55. The summed E-state index contributed by atoms with van der Waals surface area (Å²) in [6.45, 7) is 8.86. The molecule has 0 fully saturated rings. The Hall–Kier alpha value is -4.60. The van der Waals surface area contributed by atoms with E-state index in [2.05, 4.69) is 11.6 Å². The van der Waals surface area contributed by atoms with Crippen LogP contribution < -0.4 is 29.1 Å². The summed E-state index contributed by atoms with van der Waals surface area (Å²) >= 11 is 7.55. The molecule has 0 saturated carbocycles. The molecule has 1 aromatic heterocycles. The maximum absolute atomic E-state index is 14.0. The van der Waals surface area contributed by atoms with Gasteiger partial charge in [0, 0.05) is 16.8 Å². The van der Waals surface area contributed by atoms with Crippen LogP contribution in [-0.4, -0.2) is 30.9 Å². The Morgan fingerprint density at radius 1 is 1.00 bits per heavy atom. The van der Waals surface area contributed by atoms with Gasteiger partial charge in [0.25, 0.3) is 5.56 Å². The number of fused-ring (bicyclic) bond motifs is 1. The average molecular weight is 645 g/mol. The Morgan fingerprint density at radius 2 is 1.76 bits per heavy atom. The minimum Gasteiger partial charge on any atom is -0.490 e. The Bertz CT molecular complexity index is 1940. The lowest BCUT2D eigenvalue weighted by Crippen LogP contribution is -2.39. The second-order valence-electron chi connectivity index (χ2n) is 9.99. The highest BCUT2D eigenvalue weighted by Gasteiger charge is 2.31. The van der Waals surface area contributed by atoms with Crippen LogP contribution in [0.25, 0.3) is 6.08 Å². The summed E-state index contributed by atoms with van der Waals surface area (Å²) in [6, 6.07) is 17.9. The van der Waals surface area contributed by atoms with E-state index in [4.69, 9.17) is 30.5 Å². The lowest BCUT2D eigenvalue weighted by molar-refractivity contribution is -0.136. The molecule has 4 aromatic rings. The number of halogens is 1. The van der Waals surface area contributed by atoms with Crippen LogP contribution in [0.1, 0.15) is 42.1 Å². The summed E-state index contributed by atoms with van der Waals surface area (Å²) in [7, 11) is 1.30. The van der Waals surface area contributed by atoms with E-state index in [-0.39, 0.29) is 11.1 Å². The first-order chi connectivity index (χ1) is 21.9. The number of hydrogen-bond donors (Lipinski definition) is 0. The van der Waals surface area contributed by atoms with Crippen molar-refractivity contribution < 1.29 is 23.7 Å². The van der Waals surface area contributed by atoms with Gasteiger partial charge in [-0.05, 0) is 73.4 Å². The van der Waals surface area contributed by atoms with E-state index in [0.29, 0.717) is 63.4 Å². The van der Waals surface area contributed by atoms with Crippen molar-refractivity contribution in [2.45, 2.75) is 32.9 Å². The molecule has 5 rings (SSSR count). The molecule has 0 bridgehead atoms. The first kappa shape index (κ1) is 31.8. The highest BCUT2D eigenvalue weighted by molar-refractivity contribution is 7.07. The van der Waals surface area contributed by atoms with E-state index >= 15 is 0 Å². The normalized spacial score (nSPS) is 14.2. The predicted octanol–water partition coefficient (Wildman–Crippen LogP) is 5.78. The zero-order chi connectivity index (χ0) is 31.9. The average Bonchev–Trinajstić information content (AvgIpc) is 3.36. The van der Waals surface area contributed by atoms with E-state index in [9.17, 15) is 9.59 Å². The highest BCUT2D eigenvalue weighted by atomic mass is 35.5. The van der Waals surface area contributed by atoms with Crippen molar-refractivity contribution in [2.24, 2.45) is 4.99 Å². The molecule has 2 heterocycles. The molecule has 0 amide bonds. The van der Waals surface area contributed by atoms with Crippen molar-refractivity contribution in [1.82, 2.24) is 4.57 Å². The Kier molecular flexibility index (Phi) is 10.2. The molecule has 10 heteroatoms. The monoisotopic (exact) mass is 644 g/mol. The van der Waals surface area contributed by atoms with E-state index in [1.807, 2.05) is 68.5 Å². The summed E-state index contributed by atoms with van der Waals surface area (Å²) in [5.74, 6) is 1.23. The maximum Gasteiger partial charge on any atom is 0.337 e. The van der Waals surface area contributed by atoms with E-state index in [1.54, 1.807) is 18.2 Å². The van der Waals surface area contributed by atoms with Crippen molar-refractivity contribution in [2.75, 3.05) is 20.3 Å². The standard InChI is InChI=1S/C35H33ClN2O6S/c1-5-10-23-17-22(13-15-28(23)44-21-25-11-8-9-12-27(25)36)18-31-33(39)38-32(26(34(40)41-4)20-37-35(38)45-31)24-14-16-29(42-6-2)30(19-24)43-7-3/h5,8-9,11-20,32H,1,6-7,10,21H2,2-4H3/b31-18-/t32-/m0/s1. The van der Waals surface area contributed by atoms with Gasteiger partial charge in [-0.3, -0.25) is 9.36 Å². The number of allylic oxidation sites excluding steroid dienone is 1. The molecule has 0 spiro atoms. The first-order valence-corrected chi connectivity index (χ1v) is 15.7. The lowest BCUT2D eigenvalue weighted by atomic mass is 9.97. The van der Waals surface area contributed by atoms with Crippen molar-refractivity contribution in [1.29, 1.82) is 0 Å². The molecule has 0 aliphatic carbocycles. The van der Waals surface area contributed by atoms with Crippen molar-refractivity contribution in [3.05, 3.63) is 132 Å². The molecule has 3 aromatic carbocycles. The van der Waals surface area contributed by atoms with Crippen molar-refractivity contribution in [3.8, 4) is 17.2 Å². The molecule has 0 unspecified atom stereocenters. The van der Waals surface area contributed by atoms with E-state index in [1.165, 1.54) is 29.2 Å². The third-order valence-corrected chi connectivity index (χ3v) is 8.46. The van der Waals surface area contributed by atoms with Gasteiger partial charge in [0.2, 0.25) is 0 Å². The van der Waals surface area contributed by atoms with Crippen molar-refractivity contribution >= 4 is 35.0 Å². The van der Waals surface area contributed by atoms with Crippen LogP contribution in [0.4, 0.5) is 0 Å². The fraction of sp³-hybridized carbons (Fsp3) is 0.229. The second kappa shape index (κ2) is 14.5. The molecule has 1 aliphatic rings. The maximum atomic E-state index is 14.0. The third-order valence-electron chi connectivity index (χ3n) is 7.10. The van der Waals surface area contributed by atoms with Gasteiger partial charge in [-0.15, -0.1) is 6.58 Å². The number of methoxy groups -OCH3 is 1. The number of carbonyl (C=O) groups excluding carboxylic acids is 1. The summed E-state index contributed by atoms with van der Waals surface area (Å²) in [5.41, 5.74) is 3.23. The molecule has 232 valence electrons. The topological polar surface area (TPSA) is 88.4 Å². The Labute approximate surface area is 270 Å².